The van der Waals surface area contributed by atoms with Crippen molar-refractivity contribution in [2.24, 2.45) is 0 Å². The number of benzene rings is 4. The molecule has 0 amide bonds. The van der Waals surface area contributed by atoms with E-state index < -0.39 is 11.9 Å². The summed E-state index contributed by atoms with van der Waals surface area (Å²) in [4.78, 5) is 24.7. The molecule has 4 nitrogen and oxygen atoms in total. The van der Waals surface area contributed by atoms with Gasteiger partial charge in [0.25, 0.3) is 0 Å². The van der Waals surface area contributed by atoms with Crippen molar-refractivity contribution in [1.82, 2.24) is 0 Å². The minimum atomic E-state index is -1.12. The molecule has 2 N–H and O–H groups in total. The average Bonchev–Trinajstić information content (AvgIpc) is 2.81. The number of carboxylic acid groups (broad SMARTS) is 2. The summed E-state index contributed by atoms with van der Waals surface area (Å²) in [5.41, 5.74) is 2.30. The molecule has 0 fully saturated rings. The normalized spacial score (nSPS) is 10.9. The topological polar surface area (TPSA) is 74.6 Å². The molecule has 0 bridgehead atoms. The molecule has 0 radical (unpaired) electrons. The molecule has 0 aliphatic carbocycles. The van der Waals surface area contributed by atoms with Gasteiger partial charge in [0.1, 0.15) is 0 Å². The van der Waals surface area contributed by atoms with Crippen LogP contribution < -0.4 is 0 Å². The van der Waals surface area contributed by atoms with Crippen LogP contribution in [0.2, 0.25) is 20.1 Å². The monoisotopic (exact) mass is 562 g/mol. The Morgan fingerprint density at radius 1 is 0.543 bits per heavy atom. The molecular formula is C26H14Cl4O4S. The van der Waals surface area contributed by atoms with E-state index in [1.54, 1.807) is 0 Å². The highest BCUT2D eigenvalue weighted by atomic mass is 35.5. The van der Waals surface area contributed by atoms with Crippen LogP contribution in [0.5, 0.6) is 0 Å². The van der Waals surface area contributed by atoms with Gasteiger partial charge in [0.15, 0.2) is 0 Å². The molecule has 9 heteroatoms. The first-order chi connectivity index (χ1) is 16.7. The second-order valence-electron chi connectivity index (χ2n) is 7.33. The highest BCUT2D eigenvalue weighted by Gasteiger charge is 2.18. The number of halogens is 4. The van der Waals surface area contributed by atoms with Crippen LogP contribution in [0.1, 0.15) is 20.7 Å². The zero-order chi connectivity index (χ0) is 25.3. The third-order valence-electron chi connectivity index (χ3n) is 5.16. The maximum atomic E-state index is 11.4. The lowest BCUT2D eigenvalue weighted by molar-refractivity contribution is 0.0686. The van der Waals surface area contributed by atoms with E-state index in [2.05, 4.69) is 0 Å². The van der Waals surface area contributed by atoms with E-state index in [-0.39, 0.29) is 21.2 Å². The molecule has 176 valence electrons. The number of carbonyl (C=O) groups is 2. The van der Waals surface area contributed by atoms with Gasteiger partial charge in [0.2, 0.25) is 0 Å². The van der Waals surface area contributed by atoms with Crippen molar-refractivity contribution in [2.45, 2.75) is 9.79 Å². The Morgan fingerprint density at radius 2 is 0.886 bits per heavy atom. The van der Waals surface area contributed by atoms with Crippen molar-refractivity contribution in [1.29, 1.82) is 0 Å². The SMILES string of the molecule is O=C(O)c1ccc(Cl)c(-c2ccc(Sc3ccc(-c4c(Cl)ccc(C(=O)O)c4Cl)cc3)cc2)c1Cl. The molecular weight excluding hydrogens is 550 g/mol. The molecule has 0 aromatic heterocycles. The first-order valence-corrected chi connectivity index (χ1v) is 12.3. The molecule has 4 aromatic rings. The van der Waals surface area contributed by atoms with Crippen LogP contribution in [0.25, 0.3) is 22.3 Å². The minimum Gasteiger partial charge on any atom is -0.478 e. The van der Waals surface area contributed by atoms with E-state index in [0.29, 0.717) is 32.3 Å². The quantitative estimate of drug-likeness (QED) is 0.244. The Morgan fingerprint density at radius 3 is 1.20 bits per heavy atom. The molecule has 0 saturated carbocycles. The molecule has 0 saturated heterocycles. The summed E-state index contributed by atoms with van der Waals surface area (Å²) in [5.74, 6) is -2.25. The number of aromatic carboxylic acids is 2. The fourth-order valence-corrected chi connectivity index (χ4v) is 5.64. The lowest BCUT2D eigenvalue weighted by Gasteiger charge is -2.11. The molecule has 0 heterocycles. The maximum Gasteiger partial charge on any atom is 0.337 e. The van der Waals surface area contributed by atoms with Gasteiger partial charge in [-0.15, -0.1) is 0 Å². The fraction of sp³-hybridized carbons (Fsp3) is 0. The summed E-state index contributed by atoms with van der Waals surface area (Å²) in [6, 6.07) is 20.6. The summed E-state index contributed by atoms with van der Waals surface area (Å²) in [5, 5.41) is 19.5. The molecule has 0 atom stereocenters. The molecule has 0 aliphatic heterocycles. The third-order valence-corrected chi connectivity index (χ3v) is 7.60. The zero-order valence-electron chi connectivity index (χ0n) is 17.6. The molecule has 35 heavy (non-hydrogen) atoms. The van der Waals surface area contributed by atoms with Crippen molar-refractivity contribution in [2.75, 3.05) is 0 Å². The van der Waals surface area contributed by atoms with Crippen molar-refractivity contribution < 1.29 is 19.8 Å². The van der Waals surface area contributed by atoms with Crippen LogP contribution in [0, 0.1) is 0 Å². The van der Waals surface area contributed by atoms with Crippen LogP contribution in [-0.2, 0) is 0 Å². The smallest absolute Gasteiger partial charge is 0.337 e. The largest absolute Gasteiger partial charge is 0.478 e. The number of hydrogen-bond donors (Lipinski definition) is 2. The summed E-state index contributed by atoms with van der Waals surface area (Å²) in [6.07, 6.45) is 0. The summed E-state index contributed by atoms with van der Waals surface area (Å²) < 4.78 is 0. The first kappa shape index (κ1) is 25.4. The van der Waals surface area contributed by atoms with Gasteiger partial charge >= 0.3 is 11.9 Å². The van der Waals surface area contributed by atoms with Gasteiger partial charge in [0.05, 0.1) is 21.2 Å². The molecule has 0 spiro atoms. The second-order valence-corrected chi connectivity index (χ2v) is 10.0. The van der Waals surface area contributed by atoms with Crippen LogP contribution in [-0.4, -0.2) is 22.2 Å². The zero-order valence-corrected chi connectivity index (χ0v) is 21.4. The highest BCUT2D eigenvalue weighted by molar-refractivity contribution is 7.99. The number of carboxylic acids is 2. The lowest BCUT2D eigenvalue weighted by Crippen LogP contribution is -1.99. The predicted molar refractivity (Wildman–Crippen MR) is 142 cm³/mol. The number of rotatable bonds is 6. The first-order valence-electron chi connectivity index (χ1n) is 9.98. The molecule has 0 aliphatic rings. The van der Waals surface area contributed by atoms with Crippen LogP contribution in [0.15, 0.2) is 82.6 Å². The van der Waals surface area contributed by atoms with Crippen LogP contribution >= 0.6 is 58.2 Å². The van der Waals surface area contributed by atoms with Crippen molar-refractivity contribution in [3.8, 4) is 22.3 Å². The van der Waals surface area contributed by atoms with Gasteiger partial charge in [-0.2, -0.15) is 0 Å². The Kier molecular flexibility index (Phi) is 7.64. The summed E-state index contributed by atoms with van der Waals surface area (Å²) in [7, 11) is 0. The van der Waals surface area contributed by atoms with Crippen molar-refractivity contribution >= 4 is 70.1 Å². The van der Waals surface area contributed by atoms with E-state index in [1.165, 1.54) is 36.0 Å². The van der Waals surface area contributed by atoms with Crippen LogP contribution in [0.4, 0.5) is 0 Å². The average molecular weight is 564 g/mol. The molecule has 4 rings (SSSR count). The standard InChI is InChI=1S/C26H14Cl4O4S/c27-19-11-9-17(25(31)32)23(29)21(19)13-1-5-15(6-2-13)35-16-7-3-14(4-8-16)22-20(28)12-10-18(24(22)30)26(33)34/h1-12H,(H,31,32)(H,33,34). The Labute approximate surface area is 225 Å². The van der Waals surface area contributed by atoms with Gasteiger partial charge in [-0.3, -0.25) is 0 Å². The third kappa shape index (κ3) is 5.30. The van der Waals surface area contributed by atoms with E-state index in [0.717, 1.165) is 9.79 Å². The van der Waals surface area contributed by atoms with Crippen molar-refractivity contribution in [3.63, 3.8) is 0 Å². The maximum absolute atomic E-state index is 11.4. The summed E-state index contributed by atoms with van der Waals surface area (Å²) >= 11 is 26.7. The van der Waals surface area contributed by atoms with E-state index in [4.69, 9.17) is 46.4 Å². The van der Waals surface area contributed by atoms with Gasteiger partial charge in [0, 0.05) is 31.0 Å². The molecule has 0 unspecified atom stereocenters. The second kappa shape index (κ2) is 10.5. The van der Waals surface area contributed by atoms with Gasteiger partial charge < -0.3 is 10.2 Å². The van der Waals surface area contributed by atoms with Gasteiger partial charge in [-0.25, -0.2) is 9.59 Å². The Balaban J connectivity index is 1.58. The van der Waals surface area contributed by atoms with E-state index in [9.17, 15) is 19.8 Å². The molecule has 4 aromatic carbocycles. The van der Waals surface area contributed by atoms with Gasteiger partial charge in [-0.1, -0.05) is 82.4 Å². The number of hydrogen-bond acceptors (Lipinski definition) is 3. The fourth-order valence-electron chi connectivity index (χ4n) is 3.48. The Hall–Kier alpha value is -2.67. The summed E-state index contributed by atoms with van der Waals surface area (Å²) in [6.45, 7) is 0. The van der Waals surface area contributed by atoms with E-state index in [1.807, 2.05) is 48.5 Å². The highest BCUT2D eigenvalue weighted by Crippen LogP contribution is 2.40. The minimum absolute atomic E-state index is 0.0151. The Bertz CT molecular complexity index is 1340. The predicted octanol–water partition coefficient (Wildman–Crippen LogP) is 9.18. The van der Waals surface area contributed by atoms with Crippen LogP contribution in [0.3, 0.4) is 0 Å². The lowest BCUT2D eigenvalue weighted by atomic mass is 10.0. The van der Waals surface area contributed by atoms with E-state index >= 15 is 0 Å². The van der Waals surface area contributed by atoms with Gasteiger partial charge in [-0.05, 0) is 59.7 Å². The van der Waals surface area contributed by atoms with Crippen molar-refractivity contribution in [3.05, 3.63) is 104 Å².